The molecule has 0 unspecified atom stereocenters. The summed E-state index contributed by atoms with van der Waals surface area (Å²) in [6.45, 7) is 4.48. The smallest absolute Gasteiger partial charge is 0.240 e. The molecule has 0 radical (unpaired) electrons. The van der Waals surface area contributed by atoms with E-state index in [0.29, 0.717) is 17.8 Å². The number of anilines is 1. The average Bonchev–Trinajstić information content (AvgIpc) is 3.06. The third-order valence-corrected chi connectivity index (χ3v) is 6.53. The van der Waals surface area contributed by atoms with Crippen molar-refractivity contribution in [3.8, 4) is 0 Å². The molecule has 0 aliphatic heterocycles. The zero-order valence-electron chi connectivity index (χ0n) is 17.7. The van der Waals surface area contributed by atoms with Gasteiger partial charge in [-0.15, -0.1) is 0 Å². The number of para-hydroxylation sites is 1. The number of sulfonamides is 1. The first-order chi connectivity index (χ1) is 14.2. The van der Waals surface area contributed by atoms with Gasteiger partial charge in [-0.1, -0.05) is 31.2 Å². The molecule has 1 aromatic heterocycles. The summed E-state index contributed by atoms with van der Waals surface area (Å²) in [5.74, 6) is 0.698. The van der Waals surface area contributed by atoms with Gasteiger partial charge in [-0.2, -0.15) is 0 Å². The highest BCUT2D eigenvalue weighted by atomic mass is 32.2. The standard InChI is InChI=1S/C22H27N3O4S/c1-5-19-18(17-8-6-7-9-20(17)29-19)13-25(4)14-22(26)24-16-11-10-15(2)21(12-16)30(27,28)23-3/h6-12,23H,5,13-14H2,1-4H3,(H,24,26). The molecule has 8 heteroatoms. The van der Waals surface area contributed by atoms with Crippen molar-refractivity contribution in [3.63, 3.8) is 0 Å². The molecule has 3 rings (SSSR count). The van der Waals surface area contributed by atoms with E-state index in [9.17, 15) is 13.2 Å². The van der Waals surface area contributed by atoms with E-state index in [4.69, 9.17) is 4.42 Å². The van der Waals surface area contributed by atoms with Crippen molar-refractivity contribution in [2.45, 2.75) is 31.7 Å². The second kappa shape index (κ2) is 8.99. The number of hydrogen-bond acceptors (Lipinski definition) is 5. The molecule has 160 valence electrons. The summed E-state index contributed by atoms with van der Waals surface area (Å²) in [5.41, 5.74) is 2.98. The van der Waals surface area contributed by atoms with Crippen molar-refractivity contribution in [2.24, 2.45) is 0 Å². The number of amides is 1. The van der Waals surface area contributed by atoms with Gasteiger partial charge in [0.25, 0.3) is 0 Å². The molecule has 0 bridgehead atoms. The van der Waals surface area contributed by atoms with Crippen LogP contribution < -0.4 is 10.0 Å². The Labute approximate surface area is 177 Å². The van der Waals surface area contributed by atoms with Gasteiger partial charge < -0.3 is 9.73 Å². The van der Waals surface area contributed by atoms with Crippen LogP contribution in [-0.2, 0) is 27.8 Å². The van der Waals surface area contributed by atoms with Crippen LogP contribution in [0.25, 0.3) is 11.0 Å². The highest BCUT2D eigenvalue weighted by Crippen LogP contribution is 2.27. The minimum atomic E-state index is -3.60. The van der Waals surface area contributed by atoms with E-state index in [0.717, 1.165) is 28.7 Å². The number of likely N-dealkylation sites (N-methyl/N-ethyl adjacent to an activating group) is 1. The fraction of sp³-hybridized carbons (Fsp3) is 0.318. The predicted octanol–water partition coefficient (Wildman–Crippen LogP) is 3.28. The topological polar surface area (TPSA) is 91.7 Å². The Bertz CT molecular complexity index is 1170. The number of furan rings is 1. The molecule has 2 aromatic carbocycles. The lowest BCUT2D eigenvalue weighted by Gasteiger charge is -2.17. The van der Waals surface area contributed by atoms with Crippen LogP contribution >= 0.6 is 0 Å². The Morgan fingerprint density at radius 2 is 1.90 bits per heavy atom. The largest absolute Gasteiger partial charge is 0.461 e. The molecule has 0 fully saturated rings. The van der Waals surface area contributed by atoms with Crippen LogP contribution in [0.1, 0.15) is 23.8 Å². The summed E-state index contributed by atoms with van der Waals surface area (Å²) in [4.78, 5) is 14.6. The first kappa shape index (κ1) is 22.0. The molecule has 0 saturated carbocycles. The van der Waals surface area contributed by atoms with Gasteiger partial charge in [0.1, 0.15) is 11.3 Å². The Kier molecular flexibility index (Phi) is 6.60. The lowest BCUT2D eigenvalue weighted by Crippen LogP contribution is -2.30. The number of carbonyl (C=O) groups excluding carboxylic acids is 1. The summed E-state index contributed by atoms with van der Waals surface area (Å²) in [5, 5.41) is 3.84. The van der Waals surface area contributed by atoms with Gasteiger partial charge in [0.2, 0.25) is 15.9 Å². The molecule has 0 atom stereocenters. The first-order valence-electron chi connectivity index (χ1n) is 9.77. The third kappa shape index (κ3) is 4.72. The maximum atomic E-state index is 12.5. The summed E-state index contributed by atoms with van der Waals surface area (Å²) in [7, 11) is -0.367. The van der Waals surface area contributed by atoms with Crippen molar-refractivity contribution in [1.29, 1.82) is 0 Å². The Balaban J connectivity index is 1.71. The first-order valence-corrected chi connectivity index (χ1v) is 11.2. The molecule has 1 amide bonds. The van der Waals surface area contributed by atoms with Crippen LogP contribution in [0.3, 0.4) is 0 Å². The SMILES string of the molecule is CCc1oc2ccccc2c1CN(C)CC(=O)Nc1ccc(C)c(S(=O)(=O)NC)c1. The van der Waals surface area contributed by atoms with E-state index in [1.54, 1.807) is 19.1 Å². The lowest BCUT2D eigenvalue weighted by atomic mass is 10.1. The number of aryl methyl sites for hydroxylation is 2. The van der Waals surface area contributed by atoms with Crippen molar-refractivity contribution in [3.05, 3.63) is 59.4 Å². The number of fused-ring (bicyclic) bond motifs is 1. The molecule has 0 spiro atoms. The summed E-state index contributed by atoms with van der Waals surface area (Å²) >= 11 is 0. The van der Waals surface area contributed by atoms with E-state index in [1.807, 2.05) is 43.1 Å². The molecular formula is C22H27N3O4S. The second-order valence-electron chi connectivity index (χ2n) is 7.26. The van der Waals surface area contributed by atoms with Crippen LogP contribution in [0.15, 0.2) is 51.8 Å². The third-order valence-electron chi connectivity index (χ3n) is 4.97. The van der Waals surface area contributed by atoms with Crippen molar-refractivity contribution in [1.82, 2.24) is 9.62 Å². The van der Waals surface area contributed by atoms with Crippen LogP contribution in [0.5, 0.6) is 0 Å². The Morgan fingerprint density at radius 3 is 2.60 bits per heavy atom. The molecule has 3 aromatic rings. The molecule has 0 aliphatic carbocycles. The number of rotatable bonds is 8. The zero-order chi connectivity index (χ0) is 21.9. The van der Waals surface area contributed by atoms with Gasteiger partial charge in [-0.25, -0.2) is 13.1 Å². The molecule has 7 nitrogen and oxygen atoms in total. The van der Waals surface area contributed by atoms with Crippen molar-refractivity contribution < 1.29 is 17.6 Å². The predicted molar refractivity (Wildman–Crippen MR) is 118 cm³/mol. The minimum absolute atomic E-state index is 0.147. The van der Waals surface area contributed by atoms with Gasteiger partial charge in [-0.05, 0) is 44.8 Å². The summed E-state index contributed by atoms with van der Waals surface area (Å²) in [6.07, 6.45) is 0.774. The van der Waals surface area contributed by atoms with Gasteiger partial charge >= 0.3 is 0 Å². The minimum Gasteiger partial charge on any atom is -0.461 e. The quantitative estimate of drug-likeness (QED) is 0.573. The fourth-order valence-electron chi connectivity index (χ4n) is 3.46. The molecule has 0 saturated heterocycles. The highest BCUT2D eigenvalue weighted by Gasteiger charge is 2.18. The van der Waals surface area contributed by atoms with E-state index in [1.165, 1.54) is 13.1 Å². The monoisotopic (exact) mass is 429 g/mol. The van der Waals surface area contributed by atoms with Crippen molar-refractivity contribution in [2.75, 3.05) is 26.0 Å². The zero-order valence-corrected chi connectivity index (χ0v) is 18.5. The maximum Gasteiger partial charge on any atom is 0.240 e. The number of nitrogens with zero attached hydrogens (tertiary/aromatic N) is 1. The Morgan fingerprint density at radius 1 is 1.17 bits per heavy atom. The van der Waals surface area contributed by atoms with Crippen LogP contribution in [-0.4, -0.2) is 39.9 Å². The normalized spacial score (nSPS) is 11.9. The number of benzene rings is 2. The maximum absolute atomic E-state index is 12.5. The van der Waals surface area contributed by atoms with Gasteiger partial charge in [0.15, 0.2) is 0 Å². The van der Waals surface area contributed by atoms with Crippen LogP contribution in [0.2, 0.25) is 0 Å². The van der Waals surface area contributed by atoms with E-state index in [2.05, 4.69) is 10.0 Å². The summed E-state index contributed by atoms with van der Waals surface area (Å²) < 4.78 is 32.5. The van der Waals surface area contributed by atoms with Crippen LogP contribution in [0.4, 0.5) is 5.69 Å². The van der Waals surface area contributed by atoms with Crippen molar-refractivity contribution >= 4 is 32.6 Å². The van der Waals surface area contributed by atoms with Gasteiger partial charge in [-0.3, -0.25) is 9.69 Å². The van der Waals surface area contributed by atoms with E-state index < -0.39 is 10.0 Å². The summed E-state index contributed by atoms with van der Waals surface area (Å²) in [6, 6.07) is 12.7. The Hall–Kier alpha value is -2.68. The molecule has 30 heavy (non-hydrogen) atoms. The number of nitrogens with one attached hydrogen (secondary N) is 2. The van der Waals surface area contributed by atoms with Gasteiger partial charge in [0.05, 0.1) is 11.4 Å². The number of carbonyl (C=O) groups is 1. The second-order valence-corrected chi connectivity index (χ2v) is 9.12. The molecule has 0 aliphatic rings. The van der Waals surface area contributed by atoms with Crippen LogP contribution in [0, 0.1) is 6.92 Å². The highest BCUT2D eigenvalue weighted by molar-refractivity contribution is 7.89. The van der Waals surface area contributed by atoms with E-state index in [-0.39, 0.29) is 17.3 Å². The molecule has 2 N–H and O–H groups in total. The fourth-order valence-corrected chi connectivity index (χ4v) is 4.45. The van der Waals surface area contributed by atoms with E-state index >= 15 is 0 Å². The average molecular weight is 430 g/mol. The lowest BCUT2D eigenvalue weighted by molar-refractivity contribution is -0.117. The molecule has 1 heterocycles. The van der Waals surface area contributed by atoms with Gasteiger partial charge in [0, 0.05) is 29.6 Å². The molecular weight excluding hydrogens is 402 g/mol. The number of hydrogen-bond donors (Lipinski definition) is 2.